The molecule has 68 heavy (non-hydrogen) atoms. The Hall–Kier alpha value is -7.76. The smallest absolute Gasteiger partial charge is 0.252 e. The maximum atomic E-state index is 6.64. The van der Waals surface area contributed by atoms with Crippen LogP contribution < -0.4 is 26.2 Å². The summed E-state index contributed by atoms with van der Waals surface area (Å²) in [7, 11) is 0. The monoisotopic (exact) mass is 878 g/mol. The normalized spacial score (nSPS) is 13.4. The SMILES string of the molecule is Cc1cc2c3c(c1)N(c1ccc4oc5ccccc5c4c1-c1ccccc1)c1ccc(C(C)(C)C)cc1B3c1cc(C(C)(C)C)ccc1N2c1ccc2oc3ccccc3c2c1-c1ccccc1. The van der Waals surface area contributed by atoms with Crippen molar-refractivity contribution < 1.29 is 8.83 Å². The molecule has 0 atom stereocenters. The Morgan fingerprint density at radius 3 is 1.21 bits per heavy atom. The average Bonchev–Trinajstić information content (AvgIpc) is 3.92. The Morgan fingerprint density at radius 2 is 0.779 bits per heavy atom. The van der Waals surface area contributed by atoms with Gasteiger partial charge in [-0.25, -0.2) is 0 Å². The summed E-state index contributed by atoms with van der Waals surface area (Å²) >= 11 is 0. The van der Waals surface area contributed by atoms with Gasteiger partial charge in [0.1, 0.15) is 22.3 Å². The average molecular weight is 879 g/mol. The van der Waals surface area contributed by atoms with Gasteiger partial charge >= 0.3 is 0 Å². The third kappa shape index (κ3) is 6.01. The molecule has 0 saturated carbocycles. The fourth-order valence-corrected chi connectivity index (χ4v) is 11.4. The van der Waals surface area contributed by atoms with E-state index >= 15 is 0 Å². The number of hydrogen-bond donors (Lipinski definition) is 0. The number of fused-ring (bicyclic) bond motifs is 10. The van der Waals surface area contributed by atoms with Crippen molar-refractivity contribution in [3.63, 3.8) is 0 Å². The van der Waals surface area contributed by atoms with Gasteiger partial charge in [0, 0.05) is 55.4 Å². The Kier molecular flexibility index (Phi) is 8.71. The van der Waals surface area contributed by atoms with Crippen LogP contribution in [0, 0.1) is 6.92 Å². The van der Waals surface area contributed by atoms with Crippen molar-refractivity contribution in [3.8, 4) is 22.3 Å². The zero-order valence-electron chi connectivity index (χ0n) is 39.6. The topological polar surface area (TPSA) is 32.8 Å². The second-order valence-electron chi connectivity index (χ2n) is 21.0. The molecule has 2 aliphatic heterocycles. The van der Waals surface area contributed by atoms with Crippen LogP contribution >= 0.6 is 0 Å². The highest BCUT2D eigenvalue weighted by Crippen LogP contribution is 2.52. The molecule has 0 amide bonds. The summed E-state index contributed by atoms with van der Waals surface area (Å²) in [5.74, 6) is 0. The van der Waals surface area contributed by atoms with Crippen LogP contribution in [-0.2, 0) is 10.8 Å². The van der Waals surface area contributed by atoms with Crippen molar-refractivity contribution >= 4 is 101 Å². The van der Waals surface area contributed by atoms with E-state index in [4.69, 9.17) is 8.83 Å². The van der Waals surface area contributed by atoms with Gasteiger partial charge in [-0.05, 0) is 123 Å². The van der Waals surface area contributed by atoms with E-state index in [1.165, 1.54) is 55.8 Å². The minimum absolute atomic E-state index is 0.0555. The minimum Gasteiger partial charge on any atom is -0.456 e. The highest BCUT2D eigenvalue weighted by atomic mass is 16.3. The van der Waals surface area contributed by atoms with Crippen molar-refractivity contribution in [1.29, 1.82) is 0 Å². The van der Waals surface area contributed by atoms with Crippen molar-refractivity contribution in [2.45, 2.75) is 59.3 Å². The van der Waals surface area contributed by atoms with Gasteiger partial charge in [-0.15, -0.1) is 0 Å². The predicted octanol–water partition coefficient (Wildman–Crippen LogP) is 15.8. The summed E-state index contributed by atoms with van der Waals surface area (Å²) in [6.45, 7) is 16.2. The van der Waals surface area contributed by atoms with E-state index in [0.29, 0.717) is 0 Å². The number of nitrogens with zero attached hydrogens (tertiary/aromatic N) is 2. The second-order valence-corrected chi connectivity index (χ2v) is 21.0. The molecule has 5 heteroatoms. The third-order valence-electron chi connectivity index (χ3n) is 14.6. The summed E-state index contributed by atoms with van der Waals surface area (Å²) in [4.78, 5) is 5.16. The summed E-state index contributed by atoms with van der Waals surface area (Å²) in [6, 6.07) is 67.1. The first-order valence-electron chi connectivity index (χ1n) is 24.0. The van der Waals surface area contributed by atoms with E-state index in [0.717, 1.165) is 77.5 Å². The van der Waals surface area contributed by atoms with Crippen LogP contribution in [0.2, 0.25) is 0 Å². The summed E-state index contributed by atoms with van der Waals surface area (Å²) < 4.78 is 13.3. The molecule has 0 bridgehead atoms. The number of para-hydroxylation sites is 2. The molecule has 0 aliphatic carbocycles. The maximum absolute atomic E-state index is 6.64. The molecule has 328 valence electrons. The second kappa shape index (κ2) is 14.6. The molecular weight excluding hydrogens is 828 g/mol. The van der Waals surface area contributed by atoms with Crippen LogP contribution in [0.3, 0.4) is 0 Å². The number of rotatable bonds is 4. The number of anilines is 6. The molecule has 0 N–H and O–H groups in total. The van der Waals surface area contributed by atoms with Crippen LogP contribution in [-0.4, -0.2) is 6.71 Å². The van der Waals surface area contributed by atoms with E-state index in [-0.39, 0.29) is 17.5 Å². The molecule has 2 aromatic heterocycles. The summed E-state index contributed by atoms with van der Waals surface area (Å²) in [6.07, 6.45) is 0. The summed E-state index contributed by atoms with van der Waals surface area (Å²) in [5.41, 5.74) is 22.6. The third-order valence-corrected chi connectivity index (χ3v) is 14.6. The van der Waals surface area contributed by atoms with Crippen LogP contribution in [0.4, 0.5) is 34.1 Å². The van der Waals surface area contributed by atoms with Crippen molar-refractivity contribution in [3.05, 3.63) is 199 Å². The first-order chi connectivity index (χ1) is 32.9. The van der Waals surface area contributed by atoms with Gasteiger partial charge in [0.25, 0.3) is 6.71 Å². The maximum Gasteiger partial charge on any atom is 0.252 e. The molecule has 0 radical (unpaired) electrons. The lowest BCUT2D eigenvalue weighted by Crippen LogP contribution is -2.61. The highest BCUT2D eigenvalue weighted by molar-refractivity contribution is 7.00. The highest BCUT2D eigenvalue weighted by Gasteiger charge is 2.45. The van der Waals surface area contributed by atoms with Gasteiger partial charge in [-0.3, -0.25) is 0 Å². The zero-order valence-corrected chi connectivity index (χ0v) is 39.6. The lowest BCUT2D eigenvalue weighted by atomic mass is 9.33. The van der Waals surface area contributed by atoms with Crippen LogP contribution in [0.1, 0.15) is 58.2 Å². The predicted molar refractivity (Wildman–Crippen MR) is 288 cm³/mol. The largest absolute Gasteiger partial charge is 0.456 e. The molecule has 9 aromatic carbocycles. The van der Waals surface area contributed by atoms with Gasteiger partial charge < -0.3 is 18.6 Å². The van der Waals surface area contributed by atoms with Crippen molar-refractivity contribution in [2.75, 3.05) is 9.80 Å². The fourth-order valence-electron chi connectivity index (χ4n) is 11.4. The van der Waals surface area contributed by atoms with E-state index in [1.54, 1.807) is 0 Å². The molecule has 0 saturated heterocycles. The Labute approximate surface area is 398 Å². The number of aryl methyl sites for hydroxylation is 1. The van der Waals surface area contributed by atoms with Gasteiger partial charge in [0.15, 0.2) is 0 Å². The molecule has 4 heterocycles. The van der Waals surface area contributed by atoms with E-state index in [2.05, 4.69) is 240 Å². The number of furan rings is 2. The number of hydrogen-bond acceptors (Lipinski definition) is 4. The molecular formula is C63H51BN2O2. The van der Waals surface area contributed by atoms with Crippen LogP contribution in [0.5, 0.6) is 0 Å². The van der Waals surface area contributed by atoms with E-state index < -0.39 is 0 Å². The lowest BCUT2D eigenvalue weighted by Gasteiger charge is -2.45. The molecule has 4 nitrogen and oxygen atoms in total. The van der Waals surface area contributed by atoms with Crippen molar-refractivity contribution in [2.24, 2.45) is 0 Å². The number of benzene rings is 9. The Bertz CT molecular complexity index is 3600. The zero-order chi connectivity index (χ0) is 46.2. The first kappa shape index (κ1) is 40.5. The standard InChI is InChI=1S/C63H51BN2O2/c1-38-34-51-61-52(35-38)66(50-31-33-56-60(44-23-15-17-25-54(44)68-56)58(50)40-20-12-9-13-21-40)48-29-27-42(63(5,6)7)37-46(48)64(61)45-36-41(62(2,3)4)26-28-47(45)65(51)49-30-32-55-59(43-22-14-16-24-53(43)67-55)57(49)39-18-10-8-11-19-39/h8-37H,1-7H3. The molecule has 0 fully saturated rings. The molecule has 2 aliphatic rings. The Balaban J connectivity index is 1.18. The minimum atomic E-state index is -0.0792. The van der Waals surface area contributed by atoms with Gasteiger partial charge in [-0.1, -0.05) is 163 Å². The van der Waals surface area contributed by atoms with Gasteiger partial charge in [0.2, 0.25) is 0 Å². The lowest BCUT2D eigenvalue weighted by molar-refractivity contribution is 0.590. The summed E-state index contributed by atoms with van der Waals surface area (Å²) in [5, 5.41) is 4.46. The first-order valence-corrected chi connectivity index (χ1v) is 24.0. The van der Waals surface area contributed by atoms with Crippen LogP contribution in [0.25, 0.3) is 66.1 Å². The quantitative estimate of drug-likeness (QED) is 0.165. The Morgan fingerprint density at radius 1 is 0.382 bits per heavy atom. The van der Waals surface area contributed by atoms with Gasteiger partial charge in [-0.2, -0.15) is 0 Å². The van der Waals surface area contributed by atoms with Crippen molar-refractivity contribution in [1.82, 2.24) is 0 Å². The van der Waals surface area contributed by atoms with Crippen LogP contribution in [0.15, 0.2) is 191 Å². The molecule has 11 aromatic rings. The molecule has 0 unspecified atom stereocenters. The van der Waals surface area contributed by atoms with E-state index in [1.807, 2.05) is 0 Å². The van der Waals surface area contributed by atoms with E-state index in [9.17, 15) is 0 Å². The van der Waals surface area contributed by atoms with Gasteiger partial charge in [0.05, 0.1) is 11.4 Å². The fraction of sp³-hybridized carbons (Fsp3) is 0.143. The molecule has 13 rings (SSSR count). The molecule has 0 spiro atoms.